The first-order valence-electron chi connectivity index (χ1n) is 4.83. The molecule has 2 rings (SSSR count). The molecular weight excluding hydrogens is 353 g/mol. The number of carbonyl (C=O) groups is 1. The Morgan fingerprint density at radius 2 is 1.76 bits per heavy atom. The zero-order valence-electron chi connectivity index (χ0n) is 8.58. The van der Waals surface area contributed by atoms with Crippen molar-refractivity contribution in [2.45, 2.75) is 0 Å². The van der Waals surface area contributed by atoms with Crippen molar-refractivity contribution in [3.05, 3.63) is 68.0 Å². The molecule has 0 saturated carbocycles. The number of carbonyl (C=O) groups excluding carboxylic acids is 1. The smallest absolute Gasteiger partial charge is 0.196 e. The normalized spacial score (nSPS) is 10.3. The van der Waals surface area contributed by atoms with Gasteiger partial charge in [0.25, 0.3) is 0 Å². The van der Waals surface area contributed by atoms with E-state index in [1.54, 1.807) is 24.3 Å². The van der Waals surface area contributed by atoms with E-state index in [1.165, 1.54) is 18.2 Å². The van der Waals surface area contributed by atoms with Crippen LogP contribution in [0.15, 0.2) is 42.5 Å². The second-order valence-corrected chi connectivity index (χ2v) is 5.14. The van der Waals surface area contributed by atoms with Crippen LogP contribution >= 0.6 is 34.2 Å². The number of hydrogen-bond donors (Lipinski definition) is 0. The van der Waals surface area contributed by atoms with Crippen molar-refractivity contribution in [1.29, 1.82) is 0 Å². The Balaban J connectivity index is 2.43. The van der Waals surface area contributed by atoms with Gasteiger partial charge in [-0.3, -0.25) is 4.79 Å². The maximum absolute atomic E-state index is 13.5. The highest BCUT2D eigenvalue weighted by Crippen LogP contribution is 2.19. The van der Waals surface area contributed by atoms with Crippen LogP contribution < -0.4 is 0 Å². The van der Waals surface area contributed by atoms with Crippen molar-refractivity contribution in [3.8, 4) is 0 Å². The van der Waals surface area contributed by atoms with Crippen LogP contribution in [0.25, 0.3) is 0 Å². The predicted octanol–water partition coefficient (Wildman–Crippen LogP) is 4.31. The highest BCUT2D eigenvalue weighted by atomic mass is 127. The van der Waals surface area contributed by atoms with E-state index in [-0.39, 0.29) is 11.3 Å². The van der Waals surface area contributed by atoms with Gasteiger partial charge < -0.3 is 0 Å². The molecule has 86 valence electrons. The fourth-order valence-electron chi connectivity index (χ4n) is 1.43. The van der Waals surface area contributed by atoms with Gasteiger partial charge in [0.2, 0.25) is 0 Å². The van der Waals surface area contributed by atoms with E-state index < -0.39 is 5.82 Å². The molecule has 0 aliphatic heterocycles. The molecule has 1 nitrogen and oxygen atoms in total. The van der Waals surface area contributed by atoms with E-state index in [0.717, 1.165) is 3.57 Å². The molecular formula is C13H7ClFIO. The van der Waals surface area contributed by atoms with E-state index in [9.17, 15) is 9.18 Å². The Bertz CT molecular complexity index is 566. The maximum Gasteiger partial charge on any atom is 0.196 e. The summed E-state index contributed by atoms with van der Waals surface area (Å²) in [7, 11) is 0. The molecule has 0 bridgehead atoms. The van der Waals surface area contributed by atoms with E-state index >= 15 is 0 Å². The SMILES string of the molecule is O=C(c1ccc(I)cc1)c1cc(Cl)ccc1F. The fraction of sp³-hybridized carbons (Fsp3) is 0. The summed E-state index contributed by atoms with van der Waals surface area (Å²) in [5.41, 5.74) is 0.449. The Labute approximate surface area is 117 Å². The molecule has 0 radical (unpaired) electrons. The number of ketones is 1. The Morgan fingerprint density at radius 1 is 1.12 bits per heavy atom. The van der Waals surface area contributed by atoms with Crippen molar-refractivity contribution in [2.75, 3.05) is 0 Å². The van der Waals surface area contributed by atoms with Gasteiger partial charge in [0, 0.05) is 14.2 Å². The predicted molar refractivity (Wildman–Crippen MR) is 74.0 cm³/mol. The lowest BCUT2D eigenvalue weighted by Crippen LogP contribution is -2.04. The topological polar surface area (TPSA) is 17.1 Å². The van der Waals surface area contributed by atoms with Crippen LogP contribution in [0.5, 0.6) is 0 Å². The molecule has 2 aromatic carbocycles. The van der Waals surface area contributed by atoms with Gasteiger partial charge in [0.1, 0.15) is 5.82 Å². The van der Waals surface area contributed by atoms with Gasteiger partial charge in [0.15, 0.2) is 5.78 Å². The van der Waals surface area contributed by atoms with Gasteiger partial charge in [-0.05, 0) is 65.1 Å². The van der Waals surface area contributed by atoms with Crippen LogP contribution in [-0.2, 0) is 0 Å². The van der Waals surface area contributed by atoms with Gasteiger partial charge in [-0.1, -0.05) is 11.6 Å². The molecule has 0 aliphatic carbocycles. The van der Waals surface area contributed by atoms with E-state index in [1.807, 2.05) is 0 Å². The molecule has 0 N–H and O–H groups in total. The van der Waals surface area contributed by atoms with Gasteiger partial charge >= 0.3 is 0 Å². The minimum atomic E-state index is -0.557. The lowest BCUT2D eigenvalue weighted by atomic mass is 10.0. The molecule has 0 aliphatic rings. The molecule has 0 aromatic heterocycles. The minimum absolute atomic E-state index is 0.00120. The zero-order chi connectivity index (χ0) is 12.4. The first-order chi connectivity index (χ1) is 8.08. The summed E-state index contributed by atoms with van der Waals surface area (Å²) >= 11 is 7.89. The summed E-state index contributed by atoms with van der Waals surface area (Å²) in [6, 6.07) is 10.9. The molecule has 0 unspecified atom stereocenters. The standard InChI is InChI=1S/C13H7ClFIO/c14-9-3-6-12(15)11(7-9)13(17)8-1-4-10(16)5-2-8/h1-7H. The average molecular weight is 361 g/mol. The Morgan fingerprint density at radius 3 is 2.41 bits per heavy atom. The third-order valence-corrected chi connectivity index (χ3v) is 3.23. The van der Waals surface area contributed by atoms with E-state index in [0.29, 0.717) is 10.6 Å². The molecule has 0 saturated heterocycles. The molecule has 0 spiro atoms. The van der Waals surface area contributed by atoms with Crippen molar-refractivity contribution in [1.82, 2.24) is 0 Å². The summed E-state index contributed by atoms with van der Waals surface area (Å²) in [4.78, 5) is 12.0. The molecule has 17 heavy (non-hydrogen) atoms. The second-order valence-electron chi connectivity index (χ2n) is 3.46. The van der Waals surface area contributed by atoms with E-state index in [4.69, 9.17) is 11.6 Å². The van der Waals surface area contributed by atoms with Crippen molar-refractivity contribution in [2.24, 2.45) is 0 Å². The van der Waals surface area contributed by atoms with E-state index in [2.05, 4.69) is 22.6 Å². The monoisotopic (exact) mass is 360 g/mol. The molecule has 0 atom stereocenters. The summed E-state index contributed by atoms with van der Waals surface area (Å²) in [6.45, 7) is 0. The van der Waals surface area contributed by atoms with Crippen LogP contribution in [0, 0.1) is 9.39 Å². The second kappa shape index (κ2) is 5.14. The average Bonchev–Trinajstić information content (AvgIpc) is 2.32. The minimum Gasteiger partial charge on any atom is -0.288 e. The largest absolute Gasteiger partial charge is 0.288 e. The maximum atomic E-state index is 13.5. The van der Waals surface area contributed by atoms with Crippen LogP contribution in [0.1, 0.15) is 15.9 Å². The quantitative estimate of drug-likeness (QED) is 0.576. The fourth-order valence-corrected chi connectivity index (χ4v) is 1.96. The Kier molecular flexibility index (Phi) is 3.79. The number of halogens is 3. The summed E-state index contributed by atoms with van der Waals surface area (Å²) < 4.78 is 14.5. The molecule has 0 fully saturated rings. The van der Waals surface area contributed by atoms with Crippen molar-refractivity contribution in [3.63, 3.8) is 0 Å². The van der Waals surface area contributed by atoms with Gasteiger partial charge in [-0.25, -0.2) is 4.39 Å². The Hall–Kier alpha value is -0.940. The van der Waals surface area contributed by atoms with Crippen LogP contribution in [-0.4, -0.2) is 5.78 Å². The first kappa shape index (κ1) is 12.5. The van der Waals surface area contributed by atoms with Gasteiger partial charge in [0.05, 0.1) is 5.56 Å². The summed E-state index contributed by atoms with van der Waals surface area (Å²) in [5, 5.41) is 0.347. The van der Waals surface area contributed by atoms with Gasteiger partial charge in [-0.2, -0.15) is 0 Å². The summed E-state index contributed by atoms with van der Waals surface area (Å²) in [5.74, 6) is -0.917. The number of benzene rings is 2. The highest BCUT2D eigenvalue weighted by molar-refractivity contribution is 14.1. The van der Waals surface area contributed by atoms with Crippen molar-refractivity contribution >= 4 is 40.0 Å². The molecule has 4 heteroatoms. The molecule has 0 heterocycles. The first-order valence-corrected chi connectivity index (χ1v) is 6.29. The third kappa shape index (κ3) is 2.84. The molecule has 0 amide bonds. The van der Waals surface area contributed by atoms with Gasteiger partial charge in [-0.15, -0.1) is 0 Å². The third-order valence-electron chi connectivity index (χ3n) is 2.28. The van der Waals surface area contributed by atoms with Crippen LogP contribution in [0.3, 0.4) is 0 Å². The summed E-state index contributed by atoms with van der Waals surface area (Å²) in [6.07, 6.45) is 0. The number of hydrogen-bond acceptors (Lipinski definition) is 1. The van der Waals surface area contributed by atoms with Crippen molar-refractivity contribution < 1.29 is 9.18 Å². The molecule has 2 aromatic rings. The lowest BCUT2D eigenvalue weighted by molar-refractivity contribution is 0.103. The number of rotatable bonds is 2. The zero-order valence-corrected chi connectivity index (χ0v) is 11.5. The lowest BCUT2D eigenvalue weighted by Gasteiger charge is -2.03. The van der Waals surface area contributed by atoms with Crippen LogP contribution in [0.4, 0.5) is 4.39 Å². The van der Waals surface area contributed by atoms with Crippen LogP contribution in [0.2, 0.25) is 5.02 Å². The highest BCUT2D eigenvalue weighted by Gasteiger charge is 2.14.